The first-order valence-corrected chi connectivity index (χ1v) is 5.38. The summed E-state index contributed by atoms with van der Waals surface area (Å²) in [7, 11) is 2.09. The molecule has 2 rings (SSSR count). The molecular formula is C10H17N3O2. The summed E-state index contributed by atoms with van der Waals surface area (Å²) in [5.74, 6) is -0.174. The van der Waals surface area contributed by atoms with Crippen LogP contribution in [0.2, 0.25) is 0 Å². The van der Waals surface area contributed by atoms with E-state index < -0.39 is 0 Å². The fraction of sp³-hybridized carbons (Fsp3) is 0.800. The lowest BCUT2D eigenvalue weighted by molar-refractivity contribution is -0.118. The number of urea groups is 1. The number of carbonyl (C=O) groups is 2. The highest BCUT2D eigenvalue weighted by Gasteiger charge is 2.35. The minimum Gasteiger partial charge on any atom is -0.312 e. The van der Waals surface area contributed by atoms with Gasteiger partial charge in [-0.25, -0.2) is 4.79 Å². The molecule has 0 aromatic rings. The van der Waals surface area contributed by atoms with Crippen LogP contribution in [0, 0.1) is 0 Å². The molecule has 2 aliphatic heterocycles. The fourth-order valence-electron chi connectivity index (χ4n) is 2.30. The van der Waals surface area contributed by atoms with Crippen molar-refractivity contribution in [3.63, 3.8) is 0 Å². The first kappa shape index (κ1) is 10.4. The van der Waals surface area contributed by atoms with Crippen LogP contribution in [-0.2, 0) is 4.79 Å². The second-order valence-corrected chi connectivity index (χ2v) is 4.49. The molecule has 84 valence electrons. The monoisotopic (exact) mass is 211 g/mol. The number of carbonyl (C=O) groups excluding carboxylic acids is 2. The normalized spacial score (nSPS) is 33.3. The molecule has 2 saturated heterocycles. The molecule has 2 aliphatic rings. The summed E-state index contributed by atoms with van der Waals surface area (Å²) in [6, 6.07) is 0.483. The lowest BCUT2D eigenvalue weighted by Gasteiger charge is -2.38. The van der Waals surface area contributed by atoms with Gasteiger partial charge in [-0.1, -0.05) is 0 Å². The molecule has 2 fully saturated rings. The van der Waals surface area contributed by atoms with Gasteiger partial charge < -0.3 is 9.80 Å². The highest BCUT2D eigenvalue weighted by atomic mass is 16.2. The Bertz CT molecular complexity index is 292. The summed E-state index contributed by atoms with van der Waals surface area (Å²) in [5, 5.41) is 2.32. The molecule has 5 nitrogen and oxygen atoms in total. The summed E-state index contributed by atoms with van der Waals surface area (Å²) in [6.07, 6.45) is 1.92. The molecule has 0 bridgehead atoms. The molecule has 3 amide bonds. The van der Waals surface area contributed by atoms with Crippen molar-refractivity contribution in [1.29, 1.82) is 0 Å². The first-order valence-electron chi connectivity index (χ1n) is 5.38. The molecule has 0 spiro atoms. The van der Waals surface area contributed by atoms with Gasteiger partial charge in [0, 0.05) is 18.6 Å². The maximum atomic E-state index is 11.5. The van der Waals surface area contributed by atoms with Gasteiger partial charge in [0.1, 0.15) is 6.54 Å². The molecule has 0 aromatic heterocycles. The standard InChI is InChI=1S/C10H17N3O2/c1-7-5-8(3-4-12(7)2)13-6-9(14)11-10(13)15/h7-8H,3-6H2,1-2H3,(H,11,14,15). The van der Waals surface area contributed by atoms with Gasteiger partial charge in [0.15, 0.2) is 0 Å². The number of rotatable bonds is 1. The van der Waals surface area contributed by atoms with E-state index >= 15 is 0 Å². The van der Waals surface area contributed by atoms with E-state index in [1.54, 1.807) is 4.90 Å². The van der Waals surface area contributed by atoms with Crippen LogP contribution in [0.25, 0.3) is 0 Å². The second kappa shape index (κ2) is 3.81. The molecule has 1 N–H and O–H groups in total. The van der Waals surface area contributed by atoms with Gasteiger partial charge >= 0.3 is 6.03 Å². The zero-order valence-corrected chi connectivity index (χ0v) is 9.19. The molecule has 2 heterocycles. The second-order valence-electron chi connectivity index (χ2n) is 4.49. The van der Waals surface area contributed by atoms with Gasteiger partial charge in [0.2, 0.25) is 5.91 Å². The van der Waals surface area contributed by atoms with Crippen molar-refractivity contribution < 1.29 is 9.59 Å². The SMILES string of the molecule is CC1CC(N2CC(=O)NC2=O)CCN1C. The Morgan fingerprint density at radius 2 is 2.13 bits per heavy atom. The van der Waals surface area contributed by atoms with E-state index in [0.29, 0.717) is 6.04 Å². The molecule has 0 aliphatic carbocycles. The van der Waals surface area contributed by atoms with Crippen molar-refractivity contribution in [3.05, 3.63) is 0 Å². The Morgan fingerprint density at radius 1 is 1.40 bits per heavy atom. The van der Waals surface area contributed by atoms with Crippen molar-refractivity contribution in [1.82, 2.24) is 15.1 Å². The fourth-order valence-corrected chi connectivity index (χ4v) is 2.30. The van der Waals surface area contributed by atoms with Crippen LogP contribution in [0.4, 0.5) is 4.79 Å². The molecule has 2 unspecified atom stereocenters. The predicted molar refractivity (Wildman–Crippen MR) is 55.4 cm³/mol. The molecule has 2 atom stereocenters. The third-order valence-electron chi connectivity index (χ3n) is 3.44. The zero-order valence-electron chi connectivity index (χ0n) is 9.19. The number of hydrogen-bond acceptors (Lipinski definition) is 3. The number of amides is 3. The minimum absolute atomic E-state index is 0.174. The van der Waals surface area contributed by atoms with Crippen LogP contribution < -0.4 is 5.32 Å². The van der Waals surface area contributed by atoms with Gasteiger partial charge in [-0.05, 0) is 26.8 Å². The van der Waals surface area contributed by atoms with Crippen molar-refractivity contribution in [2.24, 2.45) is 0 Å². The Balaban J connectivity index is 2.00. The Morgan fingerprint density at radius 3 is 2.67 bits per heavy atom. The maximum Gasteiger partial charge on any atom is 0.324 e. The van der Waals surface area contributed by atoms with E-state index in [1.165, 1.54) is 0 Å². The number of imide groups is 1. The van der Waals surface area contributed by atoms with Gasteiger partial charge in [0.05, 0.1) is 0 Å². The summed E-state index contributed by atoms with van der Waals surface area (Å²) in [4.78, 5) is 26.5. The van der Waals surface area contributed by atoms with Crippen LogP contribution in [0.1, 0.15) is 19.8 Å². The molecule has 0 saturated carbocycles. The van der Waals surface area contributed by atoms with E-state index in [2.05, 4.69) is 24.2 Å². The summed E-state index contributed by atoms with van der Waals surface area (Å²) in [5.41, 5.74) is 0. The molecule has 0 aromatic carbocycles. The molecule has 0 radical (unpaired) electrons. The topological polar surface area (TPSA) is 52.7 Å². The smallest absolute Gasteiger partial charge is 0.312 e. The van der Waals surface area contributed by atoms with Crippen molar-refractivity contribution in [3.8, 4) is 0 Å². The zero-order chi connectivity index (χ0) is 11.0. The van der Waals surface area contributed by atoms with E-state index in [4.69, 9.17) is 0 Å². The Labute approximate surface area is 89.4 Å². The number of nitrogens with one attached hydrogen (secondary N) is 1. The van der Waals surface area contributed by atoms with Gasteiger partial charge in [-0.2, -0.15) is 0 Å². The number of nitrogens with zero attached hydrogens (tertiary/aromatic N) is 2. The van der Waals surface area contributed by atoms with E-state index in [0.717, 1.165) is 19.4 Å². The molecule has 15 heavy (non-hydrogen) atoms. The van der Waals surface area contributed by atoms with Crippen molar-refractivity contribution in [2.75, 3.05) is 20.1 Å². The van der Waals surface area contributed by atoms with Gasteiger partial charge in [0.25, 0.3) is 0 Å². The lowest BCUT2D eigenvalue weighted by Crippen LogP contribution is -2.48. The van der Waals surface area contributed by atoms with Crippen LogP contribution in [0.3, 0.4) is 0 Å². The summed E-state index contributed by atoms with van der Waals surface area (Å²) < 4.78 is 0. The molecule has 5 heteroatoms. The first-order chi connectivity index (χ1) is 7.08. The summed E-state index contributed by atoms with van der Waals surface area (Å²) >= 11 is 0. The van der Waals surface area contributed by atoms with E-state index in [1.807, 2.05) is 0 Å². The Kier molecular flexibility index (Phi) is 2.65. The minimum atomic E-state index is -0.221. The third kappa shape index (κ3) is 1.97. The number of piperidine rings is 1. The van der Waals surface area contributed by atoms with Gasteiger partial charge in [-0.15, -0.1) is 0 Å². The lowest BCUT2D eigenvalue weighted by atomic mass is 9.98. The average Bonchev–Trinajstić information content (AvgIpc) is 2.50. The predicted octanol–water partition coefficient (Wildman–Crippen LogP) is 0.0209. The van der Waals surface area contributed by atoms with Crippen LogP contribution in [0.5, 0.6) is 0 Å². The largest absolute Gasteiger partial charge is 0.324 e. The van der Waals surface area contributed by atoms with E-state index in [9.17, 15) is 9.59 Å². The highest BCUT2D eigenvalue weighted by Crippen LogP contribution is 2.21. The number of hydrogen-bond donors (Lipinski definition) is 1. The third-order valence-corrected chi connectivity index (χ3v) is 3.44. The average molecular weight is 211 g/mol. The highest BCUT2D eigenvalue weighted by molar-refractivity contribution is 6.02. The van der Waals surface area contributed by atoms with Crippen LogP contribution in [0.15, 0.2) is 0 Å². The van der Waals surface area contributed by atoms with Crippen LogP contribution in [-0.4, -0.2) is 54.0 Å². The van der Waals surface area contributed by atoms with Crippen LogP contribution >= 0.6 is 0 Å². The van der Waals surface area contributed by atoms with E-state index in [-0.39, 0.29) is 24.5 Å². The molecular weight excluding hydrogens is 194 g/mol. The van der Waals surface area contributed by atoms with Crippen molar-refractivity contribution in [2.45, 2.75) is 31.8 Å². The van der Waals surface area contributed by atoms with Crippen molar-refractivity contribution >= 4 is 11.9 Å². The van der Waals surface area contributed by atoms with Gasteiger partial charge in [-0.3, -0.25) is 10.1 Å². The maximum absolute atomic E-state index is 11.5. The quantitative estimate of drug-likeness (QED) is 0.622. The number of likely N-dealkylation sites (tertiary alicyclic amines) is 1. The summed E-state index contributed by atoms with van der Waals surface area (Å²) in [6.45, 7) is 3.38. The Hall–Kier alpha value is -1.10.